The Labute approximate surface area is 172 Å². The number of benzene rings is 1. The standard InChI is InChI=1S/C20H23N5O5/c1-11-3-4-14(29-2)13(9-11)21-18(27)12-10-15(26)22-17-16(12)19(28)24-20(23-17)25-5-7-30-8-6-25/h3-4,9,12H,5-8,10H2,1-2H3,(H,21,27)(H2,22,23,24,26,28)/t12-/m1/s1. The molecule has 3 N–H and O–H groups in total. The molecule has 30 heavy (non-hydrogen) atoms. The van der Waals surface area contributed by atoms with Gasteiger partial charge in [0.2, 0.25) is 17.8 Å². The zero-order valence-corrected chi connectivity index (χ0v) is 16.8. The molecule has 1 aromatic heterocycles. The predicted molar refractivity (Wildman–Crippen MR) is 110 cm³/mol. The summed E-state index contributed by atoms with van der Waals surface area (Å²) < 4.78 is 10.6. The van der Waals surface area contributed by atoms with E-state index in [1.807, 2.05) is 17.9 Å². The number of hydrogen-bond donors (Lipinski definition) is 3. The molecule has 158 valence electrons. The maximum Gasteiger partial charge on any atom is 0.258 e. The first-order chi connectivity index (χ1) is 14.5. The van der Waals surface area contributed by atoms with E-state index in [1.165, 1.54) is 7.11 Å². The van der Waals surface area contributed by atoms with Gasteiger partial charge >= 0.3 is 0 Å². The lowest BCUT2D eigenvalue weighted by atomic mass is 9.92. The van der Waals surface area contributed by atoms with Crippen molar-refractivity contribution in [2.45, 2.75) is 19.3 Å². The minimum absolute atomic E-state index is 0.118. The first kappa shape index (κ1) is 19.9. The van der Waals surface area contributed by atoms with E-state index >= 15 is 0 Å². The van der Waals surface area contributed by atoms with Crippen LogP contribution in [0, 0.1) is 6.92 Å². The summed E-state index contributed by atoms with van der Waals surface area (Å²) in [6.07, 6.45) is -0.144. The highest BCUT2D eigenvalue weighted by Crippen LogP contribution is 2.32. The zero-order chi connectivity index (χ0) is 21.3. The van der Waals surface area contributed by atoms with Crippen molar-refractivity contribution in [2.75, 3.05) is 48.9 Å². The Morgan fingerprint density at radius 1 is 1.30 bits per heavy atom. The number of anilines is 3. The molecule has 0 spiro atoms. The molecule has 3 heterocycles. The number of H-pyrrole nitrogens is 1. The summed E-state index contributed by atoms with van der Waals surface area (Å²) >= 11 is 0. The van der Waals surface area contributed by atoms with Crippen molar-refractivity contribution >= 4 is 29.3 Å². The van der Waals surface area contributed by atoms with Crippen LogP contribution in [0.1, 0.15) is 23.5 Å². The van der Waals surface area contributed by atoms with Crippen LogP contribution in [-0.2, 0) is 14.3 Å². The number of hydrogen-bond acceptors (Lipinski definition) is 7. The van der Waals surface area contributed by atoms with Crippen LogP contribution in [0.4, 0.5) is 17.5 Å². The summed E-state index contributed by atoms with van der Waals surface area (Å²) in [6.45, 7) is 4.09. The van der Waals surface area contributed by atoms with Gasteiger partial charge in [-0.1, -0.05) is 6.07 Å². The van der Waals surface area contributed by atoms with Crippen molar-refractivity contribution in [3.63, 3.8) is 0 Å². The van der Waals surface area contributed by atoms with Crippen molar-refractivity contribution in [3.05, 3.63) is 39.7 Å². The Morgan fingerprint density at radius 2 is 2.07 bits per heavy atom. The number of aryl methyl sites for hydroxylation is 1. The third-order valence-electron chi connectivity index (χ3n) is 5.18. The fraction of sp³-hybridized carbons (Fsp3) is 0.400. The number of methoxy groups -OCH3 is 1. The zero-order valence-electron chi connectivity index (χ0n) is 16.8. The lowest BCUT2D eigenvalue weighted by Crippen LogP contribution is -2.41. The van der Waals surface area contributed by atoms with Crippen molar-refractivity contribution in [1.29, 1.82) is 0 Å². The number of nitrogens with one attached hydrogen (secondary N) is 3. The molecule has 2 aliphatic heterocycles. The highest BCUT2D eigenvalue weighted by Gasteiger charge is 2.35. The molecule has 4 rings (SSSR count). The molecule has 2 aromatic rings. The van der Waals surface area contributed by atoms with E-state index in [0.29, 0.717) is 43.7 Å². The SMILES string of the molecule is COc1ccc(C)cc1NC(=O)[C@@H]1CC(=O)Nc2nc(N3CCOCC3)[nH]c(=O)c21. The van der Waals surface area contributed by atoms with Gasteiger partial charge in [-0.2, -0.15) is 4.98 Å². The molecule has 0 radical (unpaired) electrons. The molecular weight excluding hydrogens is 390 g/mol. The van der Waals surface area contributed by atoms with E-state index < -0.39 is 17.4 Å². The fourth-order valence-electron chi connectivity index (χ4n) is 3.65. The molecule has 1 atom stereocenters. The van der Waals surface area contributed by atoms with Crippen LogP contribution in [0.15, 0.2) is 23.0 Å². The highest BCUT2D eigenvalue weighted by atomic mass is 16.5. The predicted octanol–water partition coefficient (Wildman–Crippen LogP) is 0.988. The van der Waals surface area contributed by atoms with Gasteiger partial charge in [-0.05, 0) is 24.6 Å². The van der Waals surface area contributed by atoms with Crippen LogP contribution >= 0.6 is 0 Å². The number of carbonyl (C=O) groups excluding carboxylic acids is 2. The highest BCUT2D eigenvalue weighted by molar-refractivity contribution is 6.05. The number of aromatic amines is 1. The Kier molecular flexibility index (Phi) is 5.40. The summed E-state index contributed by atoms with van der Waals surface area (Å²) in [5.74, 6) is -0.846. The Bertz CT molecular complexity index is 1040. The lowest BCUT2D eigenvalue weighted by molar-refractivity contribution is -0.123. The Morgan fingerprint density at radius 3 is 2.80 bits per heavy atom. The summed E-state index contributed by atoms with van der Waals surface area (Å²) in [4.78, 5) is 47.2. The topological polar surface area (TPSA) is 126 Å². The van der Waals surface area contributed by atoms with Gasteiger partial charge in [0.1, 0.15) is 11.6 Å². The second-order valence-corrected chi connectivity index (χ2v) is 7.25. The third kappa shape index (κ3) is 3.86. The van der Waals surface area contributed by atoms with Gasteiger partial charge in [-0.3, -0.25) is 19.4 Å². The Balaban J connectivity index is 1.66. The van der Waals surface area contributed by atoms with Gasteiger partial charge in [0.05, 0.1) is 37.5 Å². The molecule has 0 bridgehead atoms. The van der Waals surface area contributed by atoms with Crippen LogP contribution in [0.25, 0.3) is 0 Å². The number of fused-ring (bicyclic) bond motifs is 1. The minimum atomic E-state index is -0.964. The van der Waals surface area contributed by atoms with E-state index in [2.05, 4.69) is 20.6 Å². The summed E-state index contributed by atoms with van der Waals surface area (Å²) in [5, 5.41) is 5.42. The summed E-state index contributed by atoms with van der Waals surface area (Å²) in [7, 11) is 1.51. The van der Waals surface area contributed by atoms with E-state index in [9.17, 15) is 14.4 Å². The molecule has 2 amide bonds. The first-order valence-electron chi connectivity index (χ1n) is 9.68. The van der Waals surface area contributed by atoms with Crippen LogP contribution in [-0.4, -0.2) is 55.2 Å². The number of rotatable bonds is 4. The third-order valence-corrected chi connectivity index (χ3v) is 5.18. The minimum Gasteiger partial charge on any atom is -0.495 e. The average molecular weight is 413 g/mol. The number of ether oxygens (including phenoxy) is 2. The summed E-state index contributed by atoms with van der Waals surface area (Å²) in [5.41, 5.74) is 1.11. The van der Waals surface area contributed by atoms with Gasteiger partial charge in [0.25, 0.3) is 5.56 Å². The monoisotopic (exact) mass is 413 g/mol. The second-order valence-electron chi connectivity index (χ2n) is 7.25. The molecule has 10 nitrogen and oxygen atoms in total. The van der Waals surface area contributed by atoms with Crippen molar-refractivity contribution < 1.29 is 19.1 Å². The molecule has 1 fully saturated rings. The van der Waals surface area contributed by atoms with E-state index in [1.54, 1.807) is 12.1 Å². The smallest absolute Gasteiger partial charge is 0.258 e. The lowest BCUT2D eigenvalue weighted by Gasteiger charge is -2.29. The van der Waals surface area contributed by atoms with Crippen molar-refractivity contribution in [3.8, 4) is 5.75 Å². The molecule has 10 heteroatoms. The normalized spacial score (nSPS) is 18.4. The molecule has 1 saturated heterocycles. The van der Waals surface area contributed by atoms with E-state index in [0.717, 1.165) is 5.56 Å². The van der Waals surface area contributed by atoms with Gasteiger partial charge in [-0.15, -0.1) is 0 Å². The molecule has 1 aromatic carbocycles. The average Bonchev–Trinajstić information content (AvgIpc) is 2.73. The fourth-order valence-corrected chi connectivity index (χ4v) is 3.65. The molecule has 0 unspecified atom stereocenters. The number of aromatic nitrogens is 2. The molecular formula is C20H23N5O5. The van der Waals surface area contributed by atoms with Crippen molar-refractivity contribution in [2.24, 2.45) is 0 Å². The van der Waals surface area contributed by atoms with Crippen LogP contribution in [0.3, 0.4) is 0 Å². The maximum atomic E-state index is 13.0. The van der Waals surface area contributed by atoms with Gasteiger partial charge < -0.3 is 25.0 Å². The van der Waals surface area contributed by atoms with Gasteiger partial charge in [-0.25, -0.2) is 0 Å². The quantitative estimate of drug-likeness (QED) is 0.682. The number of nitrogens with zero attached hydrogens (tertiary/aromatic N) is 2. The van der Waals surface area contributed by atoms with Gasteiger partial charge in [0, 0.05) is 19.5 Å². The Hall–Kier alpha value is -3.40. The summed E-state index contributed by atoms with van der Waals surface area (Å²) in [6, 6.07) is 5.37. The van der Waals surface area contributed by atoms with Gasteiger partial charge in [0.15, 0.2) is 0 Å². The molecule has 2 aliphatic rings. The van der Waals surface area contributed by atoms with Crippen LogP contribution in [0.5, 0.6) is 5.75 Å². The molecule has 0 saturated carbocycles. The second kappa shape index (κ2) is 8.15. The van der Waals surface area contributed by atoms with Crippen LogP contribution in [0.2, 0.25) is 0 Å². The molecule has 0 aliphatic carbocycles. The van der Waals surface area contributed by atoms with E-state index in [-0.39, 0.29) is 23.7 Å². The maximum absolute atomic E-state index is 13.0. The first-order valence-corrected chi connectivity index (χ1v) is 9.68. The number of morpholine rings is 1. The number of carbonyl (C=O) groups is 2. The van der Waals surface area contributed by atoms with Crippen LogP contribution < -0.4 is 25.8 Å². The van der Waals surface area contributed by atoms with Crippen molar-refractivity contribution in [1.82, 2.24) is 9.97 Å². The largest absolute Gasteiger partial charge is 0.495 e. The van der Waals surface area contributed by atoms with E-state index in [4.69, 9.17) is 9.47 Å². The number of amides is 2.